The molecule has 6 nitrogen and oxygen atoms in total. The van der Waals surface area contributed by atoms with Crippen LogP contribution in [0.3, 0.4) is 0 Å². The molecule has 4 rings (SSSR count). The van der Waals surface area contributed by atoms with Gasteiger partial charge in [-0.05, 0) is 76.2 Å². The Morgan fingerprint density at radius 1 is 1.00 bits per heavy atom. The summed E-state index contributed by atoms with van der Waals surface area (Å²) in [4.78, 5) is 4.94. The predicted molar refractivity (Wildman–Crippen MR) is 150 cm³/mol. The lowest BCUT2D eigenvalue weighted by Gasteiger charge is -2.33. The van der Waals surface area contributed by atoms with E-state index in [9.17, 15) is 0 Å². The van der Waals surface area contributed by atoms with Crippen molar-refractivity contribution in [3.63, 3.8) is 0 Å². The van der Waals surface area contributed by atoms with Crippen LogP contribution in [0.25, 0.3) is 11.3 Å². The van der Waals surface area contributed by atoms with E-state index in [0.29, 0.717) is 12.0 Å². The molecule has 2 aliphatic rings. The number of aromatic nitrogens is 2. The lowest BCUT2D eigenvalue weighted by atomic mass is 10.0. The monoisotopic (exact) mass is 490 g/mol. The first kappa shape index (κ1) is 26.3. The summed E-state index contributed by atoms with van der Waals surface area (Å²) in [5.41, 5.74) is 4.73. The molecule has 2 aromatic rings. The van der Waals surface area contributed by atoms with Crippen molar-refractivity contribution < 1.29 is 0 Å². The third-order valence-electron chi connectivity index (χ3n) is 7.62. The van der Waals surface area contributed by atoms with E-state index in [4.69, 9.17) is 0 Å². The van der Waals surface area contributed by atoms with Crippen LogP contribution in [0.2, 0.25) is 0 Å². The van der Waals surface area contributed by atoms with Crippen LogP contribution in [0.4, 0.5) is 0 Å². The van der Waals surface area contributed by atoms with Gasteiger partial charge in [0.05, 0.1) is 24.1 Å². The number of hydrogen-bond donors (Lipinski definition) is 2. The molecule has 6 heteroatoms. The SMILES string of the molecule is C=C(NC(C)c1ccc(-c2ccnn2CCN2CCCCC2)cc1)C1CC(C)CN1C(=C)NC(C)C. The van der Waals surface area contributed by atoms with Gasteiger partial charge in [0, 0.05) is 37.1 Å². The maximum atomic E-state index is 4.61. The highest BCUT2D eigenvalue weighted by Crippen LogP contribution is 2.30. The van der Waals surface area contributed by atoms with E-state index < -0.39 is 0 Å². The zero-order valence-electron chi connectivity index (χ0n) is 22.8. The molecule has 0 saturated carbocycles. The van der Waals surface area contributed by atoms with Crippen molar-refractivity contribution in [2.24, 2.45) is 5.92 Å². The van der Waals surface area contributed by atoms with Crippen molar-refractivity contribution in [2.75, 3.05) is 26.2 Å². The third-order valence-corrected chi connectivity index (χ3v) is 7.62. The van der Waals surface area contributed by atoms with Gasteiger partial charge < -0.3 is 20.4 Å². The smallest absolute Gasteiger partial charge is 0.0946 e. The summed E-state index contributed by atoms with van der Waals surface area (Å²) in [7, 11) is 0. The average molecular weight is 491 g/mol. The molecular weight excluding hydrogens is 444 g/mol. The molecule has 0 amide bonds. The summed E-state index contributed by atoms with van der Waals surface area (Å²) in [5.74, 6) is 1.62. The fourth-order valence-corrected chi connectivity index (χ4v) is 5.67. The third kappa shape index (κ3) is 6.52. The van der Waals surface area contributed by atoms with E-state index in [0.717, 1.165) is 37.6 Å². The standard InChI is InChI=1S/C30H46N6/c1-22(2)32-26(6)35-21-23(3)20-30(35)25(5)33-24(4)27-10-12-28(13-11-27)29-14-15-31-36(29)19-18-34-16-8-7-9-17-34/h10-15,22-24,30,32-33H,5-9,16-21H2,1-4H3. The van der Waals surface area contributed by atoms with Crippen LogP contribution in [-0.4, -0.2) is 57.8 Å². The lowest BCUT2D eigenvalue weighted by molar-refractivity contribution is 0.218. The number of nitrogens with one attached hydrogen (secondary N) is 2. The van der Waals surface area contributed by atoms with E-state index in [2.05, 4.69) is 101 Å². The highest BCUT2D eigenvalue weighted by molar-refractivity contribution is 5.59. The molecule has 3 heterocycles. The van der Waals surface area contributed by atoms with E-state index in [-0.39, 0.29) is 12.1 Å². The van der Waals surface area contributed by atoms with Crippen LogP contribution in [0, 0.1) is 5.92 Å². The Bertz CT molecular complexity index is 1000. The number of piperidine rings is 1. The van der Waals surface area contributed by atoms with Crippen molar-refractivity contribution >= 4 is 0 Å². The summed E-state index contributed by atoms with van der Waals surface area (Å²) in [6, 6.07) is 11.9. The summed E-state index contributed by atoms with van der Waals surface area (Å²) >= 11 is 0. The van der Waals surface area contributed by atoms with Crippen molar-refractivity contribution in [3.05, 3.63) is 66.8 Å². The summed E-state index contributed by atoms with van der Waals surface area (Å²) in [6.45, 7) is 23.0. The molecule has 3 unspecified atom stereocenters. The fraction of sp³-hybridized carbons (Fsp3) is 0.567. The van der Waals surface area contributed by atoms with E-state index in [1.165, 1.54) is 49.2 Å². The van der Waals surface area contributed by atoms with Crippen LogP contribution in [0.15, 0.2) is 61.2 Å². The Balaban J connectivity index is 1.36. The zero-order chi connectivity index (χ0) is 25.7. The zero-order valence-corrected chi connectivity index (χ0v) is 22.8. The minimum Gasteiger partial charge on any atom is -0.381 e. The van der Waals surface area contributed by atoms with Crippen LogP contribution < -0.4 is 10.6 Å². The minimum atomic E-state index is 0.180. The first-order chi connectivity index (χ1) is 17.3. The van der Waals surface area contributed by atoms with Gasteiger partial charge in [-0.25, -0.2) is 0 Å². The number of likely N-dealkylation sites (tertiary alicyclic amines) is 2. The highest BCUT2D eigenvalue weighted by Gasteiger charge is 2.33. The second kappa shape index (κ2) is 12.0. The largest absolute Gasteiger partial charge is 0.381 e. The predicted octanol–water partition coefficient (Wildman–Crippen LogP) is 5.38. The Kier molecular flexibility index (Phi) is 8.78. The highest BCUT2D eigenvalue weighted by atomic mass is 15.3. The van der Waals surface area contributed by atoms with Gasteiger partial charge in [-0.1, -0.05) is 50.8 Å². The van der Waals surface area contributed by atoms with E-state index in [1.807, 2.05) is 6.20 Å². The summed E-state index contributed by atoms with van der Waals surface area (Å²) in [6.07, 6.45) is 7.04. The molecule has 0 bridgehead atoms. The average Bonchev–Trinajstić information content (AvgIpc) is 3.49. The van der Waals surface area contributed by atoms with Gasteiger partial charge >= 0.3 is 0 Å². The van der Waals surface area contributed by atoms with Crippen LogP contribution in [-0.2, 0) is 6.54 Å². The Morgan fingerprint density at radius 2 is 1.72 bits per heavy atom. The fourth-order valence-electron chi connectivity index (χ4n) is 5.67. The maximum absolute atomic E-state index is 4.61. The van der Waals surface area contributed by atoms with Gasteiger partial charge in [0.15, 0.2) is 0 Å². The van der Waals surface area contributed by atoms with E-state index in [1.54, 1.807) is 0 Å². The van der Waals surface area contributed by atoms with E-state index >= 15 is 0 Å². The molecule has 2 fully saturated rings. The first-order valence-corrected chi connectivity index (χ1v) is 13.8. The Morgan fingerprint density at radius 3 is 2.42 bits per heavy atom. The number of benzene rings is 1. The molecule has 196 valence electrons. The molecular formula is C30H46N6. The molecule has 2 saturated heterocycles. The maximum Gasteiger partial charge on any atom is 0.0946 e. The van der Waals surface area contributed by atoms with Gasteiger partial charge in [0.1, 0.15) is 0 Å². The van der Waals surface area contributed by atoms with Crippen LogP contribution >= 0.6 is 0 Å². The molecule has 36 heavy (non-hydrogen) atoms. The molecule has 0 radical (unpaired) electrons. The second-order valence-corrected chi connectivity index (χ2v) is 11.1. The summed E-state index contributed by atoms with van der Waals surface area (Å²) in [5, 5.41) is 11.8. The topological polar surface area (TPSA) is 48.4 Å². The molecule has 0 spiro atoms. The van der Waals surface area contributed by atoms with Crippen molar-refractivity contribution in [1.29, 1.82) is 0 Å². The lowest BCUT2D eigenvalue weighted by Crippen LogP contribution is -2.41. The minimum absolute atomic E-state index is 0.180. The summed E-state index contributed by atoms with van der Waals surface area (Å²) < 4.78 is 2.15. The van der Waals surface area contributed by atoms with Gasteiger partial charge in [-0.3, -0.25) is 4.68 Å². The molecule has 1 aromatic carbocycles. The molecule has 1 aromatic heterocycles. The quantitative estimate of drug-likeness (QED) is 0.443. The molecule has 0 aliphatic carbocycles. The Hall–Kier alpha value is -2.73. The number of rotatable bonds is 11. The second-order valence-electron chi connectivity index (χ2n) is 11.1. The first-order valence-electron chi connectivity index (χ1n) is 13.8. The van der Waals surface area contributed by atoms with Crippen molar-refractivity contribution in [3.8, 4) is 11.3 Å². The normalized spacial score (nSPS) is 21.5. The molecule has 3 atom stereocenters. The Labute approximate surface area is 218 Å². The van der Waals surface area contributed by atoms with Gasteiger partial charge in [-0.2, -0.15) is 5.10 Å². The van der Waals surface area contributed by atoms with Crippen molar-refractivity contribution in [2.45, 2.75) is 78.0 Å². The van der Waals surface area contributed by atoms with Crippen molar-refractivity contribution in [1.82, 2.24) is 30.2 Å². The number of hydrogen-bond acceptors (Lipinski definition) is 5. The van der Waals surface area contributed by atoms with Crippen LogP contribution in [0.1, 0.15) is 65.0 Å². The van der Waals surface area contributed by atoms with Gasteiger partial charge in [0.25, 0.3) is 0 Å². The molecule has 2 aliphatic heterocycles. The van der Waals surface area contributed by atoms with Crippen LogP contribution in [0.5, 0.6) is 0 Å². The van der Waals surface area contributed by atoms with Gasteiger partial charge in [0.2, 0.25) is 0 Å². The number of nitrogens with zero attached hydrogens (tertiary/aromatic N) is 4. The van der Waals surface area contributed by atoms with Gasteiger partial charge in [-0.15, -0.1) is 0 Å². The molecule has 2 N–H and O–H groups in total.